The fourth-order valence-corrected chi connectivity index (χ4v) is 5.13. The van der Waals surface area contributed by atoms with Crippen LogP contribution in [0.3, 0.4) is 0 Å². The van der Waals surface area contributed by atoms with Gasteiger partial charge in [-0.1, -0.05) is 18.2 Å². The Bertz CT molecular complexity index is 764. The van der Waals surface area contributed by atoms with Crippen LogP contribution in [0, 0.1) is 6.92 Å². The third-order valence-corrected chi connectivity index (χ3v) is 6.86. The van der Waals surface area contributed by atoms with Crippen molar-refractivity contribution in [2.75, 3.05) is 20.1 Å². The van der Waals surface area contributed by atoms with Crippen LogP contribution in [0.1, 0.15) is 29.9 Å². The molecule has 1 N–H and O–H groups in total. The van der Waals surface area contributed by atoms with Crippen molar-refractivity contribution in [3.05, 3.63) is 53.3 Å². The SMILES string of the molecule is Cc1cc(S(=O)(=O)C2C=CC=C(O)C2)ccc1C1CCN(C)C1. The van der Waals surface area contributed by atoms with Crippen LogP contribution in [0.2, 0.25) is 0 Å². The Balaban J connectivity index is 1.88. The summed E-state index contributed by atoms with van der Waals surface area (Å²) >= 11 is 0. The van der Waals surface area contributed by atoms with Crippen molar-refractivity contribution >= 4 is 9.84 Å². The van der Waals surface area contributed by atoms with Gasteiger partial charge in [-0.25, -0.2) is 8.42 Å². The number of sulfone groups is 1. The number of hydrogen-bond donors (Lipinski definition) is 1. The molecule has 0 radical (unpaired) electrons. The first kappa shape index (κ1) is 16.3. The van der Waals surface area contributed by atoms with Gasteiger partial charge in [0.15, 0.2) is 9.84 Å². The molecule has 2 aliphatic rings. The molecule has 1 heterocycles. The van der Waals surface area contributed by atoms with Gasteiger partial charge in [-0.15, -0.1) is 0 Å². The van der Waals surface area contributed by atoms with Crippen molar-refractivity contribution in [1.82, 2.24) is 4.90 Å². The molecule has 0 spiro atoms. The monoisotopic (exact) mass is 333 g/mol. The predicted molar refractivity (Wildman–Crippen MR) is 91.5 cm³/mol. The molecule has 1 fully saturated rings. The van der Waals surface area contributed by atoms with Gasteiger partial charge < -0.3 is 10.0 Å². The molecule has 0 aromatic heterocycles. The zero-order valence-corrected chi connectivity index (χ0v) is 14.4. The van der Waals surface area contributed by atoms with Gasteiger partial charge >= 0.3 is 0 Å². The minimum absolute atomic E-state index is 0.114. The summed E-state index contributed by atoms with van der Waals surface area (Å²) in [5, 5.41) is 8.91. The average Bonchev–Trinajstić information content (AvgIpc) is 2.93. The molecule has 1 saturated heterocycles. The fourth-order valence-electron chi connectivity index (χ4n) is 3.49. The number of aliphatic hydroxyl groups excluding tert-OH is 1. The molecule has 1 aliphatic heterocycles. The van der Waals surface area contributed by atoms with Gasteiger partial charge in [0.25, 0.3) is 0 Å². The van der Waals surface area contributed by atoms with E-state index in [-0.39, 0.29) is 12.2 Å². The zero-order valence-electron chi connectivity index (χ0n) is 13.6. The van der Waals surface area contributed by atoms with Crippen molar-refractivity contribution in [3.8, 4) is 0 Å². The number of aliphatic hydroxyl groups is 1. The highest BCUT2D eigenvalue weighted by Crippen LogP contribution is 2.31. The standard InChI is InChI=1S/C18H23NO3S/c1-13-10-17(6-7-18(13)14-8-9-19(2)12-14)23(21,22)16-5-3-4-15(20)11-16/h3-7,10,14,16,20H,8-9,11-12H2,1-2H3. The Labute approximate surface area is 138 Å². The first-order valence-corrected chi connectivity index (χ1v) is 9.52. The van der Waals surface area contributed by atoms with Gasteiger partial charge in [-0.05, 0) is 62.2 Å². The molecule has 2 atom stereocenters. The van der Waals surface area contributed by atoms with Gasteiger partial charge in [0.05, 0.1) is 15.9 Å². The summed E-state index contributed by atoms with van der Waals surface area (Å²) < 4.78 is 25.5. The van der Waals surface area contributed by atoms with Crippen LogP contribution in [0.5, 0.6) is 0 Å². The second-order valence-electron chi connectivity index (χ2n) is 6.60. The lowest BCUT2D eigenvalue weighted by atomic mass is 9.94. The van der Waals surface area contributed by atoms with E-state index in [1.807, 2.05) is 13.0 Å². The predicted octanol–water partition coefficient (Wildman–Crippen LogP) is 2.96. The van der Waals surface area contributed by atoms with E-state index in [1.54, 1.807) is 24.3 Å². The van der Waals surface area contributed by atoms with Crippen LogP contribution in [-0.4, -0.2) is 43.8 Å². The van der Waals surface area contributed by atoms with E-state index in [0.29, 0.717) is 10.8 Å². The van der Waals surface area contributed by atoms with E-state index in [0.717, 1.165) is 25.1 Å². The van der Waals surface area contributed by atoms with E-state index >= 15 is 0 Å². The number of nitrogens with zero attached hydrogens (tertiary/aromatic N) is 1. The molecule has 1 aliphatic carbocycles. The Morgan fingerprint density at radius 2 is 2.09 bits per heavy atom. The number of likely N-dealkylation sites (tertiary alicyclic amines) is 1. The lowest BCUT2D eigenvalue weighted by molar-refractivity contribution is 0.387. The van der Waals surface area contributed by atoms with Crippen LogP contribution in [0.4, 0.5) is 0 Å². The highest BCUT2D eigenvalue weighted by Gasteiger charge is 2.29. The van der Waals surface area contributed by atoms with Crippen molar-refractivity contribution in [3.63, 3.8) is 0 Å². The van der Waals surface area contributed by atoms with Crippen LogP contribution in [0.15, 0.2) is 47.1 Å². The van der Waals surface area contributed by atoms with Crippen LogP contribution < -0.4 is 0 Å². The van der Waals surface area contributed by atoms with Crippen LogP contribution in [-0.2, 0) is 9.84 Å². The van der Waals surface area contributed by atoms with E-state index in [1.165, 1.54) is 11.6 Å². The molecular formula is C18H23NO3S. The molecule has 5 heteroatoms. The maximum absolute atomic E-state index is 12.8. The first-order chi connectivity index (χ1) is 10.9. The fraction of sp³-hybridized carbons (Fsp3) is 0.444. The second kappa shape index (κ2) is 6.13. The smallest absolute Gasteiger partial charge is 0.185 e. The molecule has 124 valence electrons. The molecule has 0 bridgehead atoms. The van der Waals surface area contributed by atoms with Gasteiger partial charge in [0.2, 0.25) is 0 Å². The summed E-state index contributed by atoms with van der Waals surface area (Å²) in [5.74, 6) is 0.599. The maximum Gasteiger partial charge on any atom is 0.185 e. The first-order valence-electron chi connectivity index (χ1n) is 7.97. The minimum atomic E-state index is -3.47. The van der Waals surface area contributed by atoms with Crippen molar-refractivity contribution < 1.29 is 13.5 Å². The number of aryl methyl sites for hydroxylation is 1. The quantitative estimate of drug-likeness (QED) is 0.924. The summed E-state index contributed by atoms with van der Waals surface area (Å²) in [6.45, 7) is 4.10. The van der Waals surface area contributed by atoms with Gasteiger partial charge in [-0.2, -0.15) is 0 Å². The summed E-state index contributed by atoms with van der Waals surface area (Å²) in [6, 6.07) is 5.47. The Morgan fingerprint density at radius 3 is 2.70 bits per heavy atom. The number of rotatable bonds is 3. The normalized spacial score (nSPS) is 25.6. The number of likely N-dealkylation sites (N-methyl/N-ethyl adjacent to an activating group) is 1. The van der Waals surface area contributed by atoms with E-state index in [9.17, 15) is 13.5 Å². The van der Waals surface area contributed by atoms with Gasteiger partial charge in [-0.3, -0.25) is 0 Å². The third kappa shape index (κ3) is 3.21. The van der Waals surface area contributed by atoms with Crippen LogP contribution >= 0.6 is 0 Å². The molecule has 1 aromatic carbocycles. The highest BCUT2D eigenvalue weighted by molar-refractivity contribution is 7.92. The lowest BCUT2D eigenvalue weighted by Gasteiger charge is -2.19. The van der Waals surface area contributed by atoms with E-state index < -0.39 is 15.1 Å². The molecule has 1 aromatic rings. The average molecular weight is 333 g/mol. The highest BCUT2D eigenvalue weighted by atomic mass is 32.2. The minimum Gasteiger partial charge on any atom is -0.512 e. The summed E-state index contributed by atoms with van der Waals surface area (Å²) in [4.78, 5) is 2.64. The summed E-state index contributed by atoms with van der Waals surface area (Å²) in [5.41, 5.74) is 2.28. The van der Waals surface area contributed by atoms with Gasteiger partial charge in [0, 0.05) is 13.0 Å². The zero-order chi connectivity index (χ0) is 16.6. The van der Waals surface area contributed by atoms with Gasteiger partial charge in [0.1, 0.15) is 0 Å². The lowest BCUT2D eigenvalue weighted by Crippen LogP contribution is -2.22. The van der Waals surface area contributed by atoms with E-state index in [4.69, 9.17) is 0 Å². The summed E-state index contributed by atoms with van der Waals surface area (Å²) in [6.07, 6.45) is 6.05. The maximum atomic E-state index is 12.8. The Hall–Kier alpha value is -1.59. The number of allylic oxidation sites excluding steroid dienone is 3. The number of benzene rings is 1. The van der Waals surface area contributed by atoms with Crippen molar-refractivity contribution in [2.24, 2.45) is 0 Å². The molecule has 23 heavy (non-hydrogen) atoms. The van der Waals surface area contributed by atoms with Crippen molar-refractivity contribution in [1.29, 1.82) is 0 Å². The molecule has 0 amide bonds. The van der Waals surface area contributed by atoms with Crippen LogP contribution in [0.25, 0.3) is 0 Å². The summed E-state index contributed by atoms with van der Waals surface area (Å²) in [7, 11) is -1.35. The molecule has 2 unspecified atom stereocenters. The Kier molecular flexibility index (Phi) is 4.34. The van der Waals surface area contributed by atoms with E-state index in [2.05, 4.69) is 11.9 Å². The molecular weight excluding hydrogens is 310 g/mol. The molecule has 0 saturated carbocycles. The third-order valence-electron chi connectivity index (χ3n) is 4.82. The molecule has 3 rings (SSSR count). The van der Waals surface area contributed by atoms with Crippen molar-refractivity contribution in [2.45, 2.75) is 35.8 Å². The Morgan fingerprint density at radius 1 is 1.30 bits per heavy atom. The number of hydrogen-bond acceptors (Lipinski definition) is 4. The second-order valence-corrected chi connectivity index (χ2v) is 8.76. The topological polar surface area (TPSA) is 57.6 Å². The molecule has 4 nitrogen and oxygen atoms in total. The largest absolute Gasteiger partial charge is 0.512 e.